The Balaban J connectivity index is 1.88. The summed E-state index contributed by atoms with van der Waals surface area (Å²) >= 11 is 1.95. The quantitative estimate of drug-likeness (QED) is 0.843. The zero-order valence-electron chi connectivity index (χ0n) is 8.94. The number of nitrogens with one attached hydrogen (secondary N) is 1. The standard InChI is InChI=1S/C11H15NO3S/c13-11(14)10-8(3-4-15-10)6-12-9-2-1-5-16-7-9/h3-4,9,12H,1-2,5-7H2,(H,13,14). The molecule has 0 aromatic carbocycles. The van der Waals surface area contributed by atoms with Gasteiger partial charge >= 0.3 is 5.97 Å². The van der Waals surface area contributed by atoms with Gasteiger partial charge in [0.1, 0.15) is 0 Å². The van der Waals surface area contributed by atoms with E-state index in [0.29, 0.717) is 12.6 Å². The van der Waals surface area contributed by atoms with Crippen LogP contribution in [0.2, 0.25) is 0 Å². The van der Waals surface area contributed by atoms with E-state index in [1.165, 1.54) is 24.9 Å². The summed E-state index contributed by atoms with van der Waals surface area (Å²) in [6.45, 7) is 0.573. The van der Waals surface area contributed by atoms with Gasteiger partial charge in [-0.15, -0.1) is 0 Å². The van der Waals surface area contributed by atoms with E-state index in [0.717, 1.165) is 11.3 Å². The van der Waals surface area contributed by atoms with Gasteiger partial charge in [-0.3, -0.25) is 0 Å². The van der Waals surface area contributed by atoms with Crippen molar-refractivity contribution in [3.63, 3.8) is 0 Å². The van der Waals surface area contributed by atoms with Crippen LogP contribution in [-0.4, -0.2) is 28.6 Å². The molecule has 16 heavy (non-hydrogen) atoms. The normalized spacial score (nSPS) is 20.9. The minimum absolute atomic E-state index is 0.0518. The Morgan fingerprint density at radius 2 is 2.56 bits per heavy atom. The first-order valence-electron chi connectivity index (χ1n) is 5.38. The fourth-order valence-electron chi connectivity index (χ4n) is 1.82. The van der Waals surface area contributed by atoms with Crippen LogP contribution < -0.4 is 5.32 Å². The van der Waals surface area contributed by atoms with E-state index >= 15 is 0 Å². The van der Waals surface area contributed by atoms with Gasteiger partial charge in [-0.25, -0.2) is 4.79 Å². The first kappa shape index (κ1) is 11.5. The maximum Gasteiger partial charge on any atom is 0.372 e. The monoisotopic (exact) mass is 241 g/mol. The molecular weight excluding hydrogens is 226 g/mol. The Morgan fingerprint density at radius 3 is 3.25 bits per heavy atom. The van der Waals surface area contributed by atoms with Gasteiger partial charge < -0.3 is 14.8 Å². The van der Waals surface area contributed by atoms with Gasteiger partial charge in [0, 0.05) is 23.9 Å². The highest BCUT2D eigenvalue weighted by Crippen LogP contribution is 2.18. The lowest BCUT2D eigenvalue weighted by Gasteiger charge is -2.22. The van der Waals surface area contributed by atoms with Crippen molar-refractivity contribution in [2.45, 2.75) is 25.4 Å². The number of furan rings is 1. The van der Waals surface area contributed by atoms with Crippen molar-refractivity contribution in [1.29, 1.82) is 0 Å². The molecule has 0 saturated carbocycles. The van der Waals surface area contributed by atoms with E-state index in [9.17, 15) is 4.79 Å². The van der Waals surface area contributed by atoms with Gasteiger partial charge in [-0.05, 0) is 24.7 Å². The number of carboxylic acid groups (broad SMARTS) is 1. The summed E-state index contributed by atoms with van der Waals surface area (Å²) in [7, 11) is 0. The predicted molar refractivity (Wildman–Crippen MR) is 62.9 cm³/mol. The summed E-state index contributed by atoms with van der Waals surface area (Å²) in [5.41, 5.74) is 0.725. The van der Waals surface area contributed by atoms with E-state index in [2.05, 4.69) is 5.32 Å². The molecule has 1 fully saturated rings. The average Bonchev–Trinajstić information content (AvgIpc) is 2.76. The maximum absolute atomic E-state index is 10.8. The third kappa shape index (κ3) is 2.80. The minimum atomic E-state index is -1.00. The molecule has 0 amide bonds. The molecule has 1 atom stereocenters. The second-order valence-corrected chi connectivity index (χ2v) is 5.02. The second kappa shape index (κ2) is 5.41. The van der Waals surface area contributed by atoms with Crippen molar-refractivity contribution in [3.8, 4) is 0 Å². The van der Waals surface area contributed by atoms with Crippen LogP contribution in [0, 0.1) is 0 Å². The molecule has 1 aliphatic rings. The van der Waals surface area contributed by atoms with Gasteiger partial charge in [-0.2, -0.15) is 11.8 Å². The van der Waals surface area contributed by atoms with Crippen molar-refractivity contribution in [2.75, 3.05) is 11.5 Å². The van der Waals surface area contributed by atoms with Gasteiger partial charge in [0.15, 0.2) is 0 Å². The minimum Gasteiger partial charge on any atom is -0.475 e. The first-order chi connectivity index (χ1) is 7.77. The van der Waals surface area contributed by atoms with Gasteiger partial charge in [0.25, 0.3) is 0 Å². The average molecular weight is 241 g/mol. The smallest absolute Gasteiger partial charge is 0.372 e. The van der Waals surface area contributed by atoms with E-state index < -0.39 is 5.97 Å². The van der Waals surface area contributed by atoms with Crippen molar-refractivity contribution in [2.24, 2.45) is 0 Å². The topological polar surface area (TPSA) is 62.5 Å². The van der Waals surface area contributed by atoms with Crippen LogP contribution >= 0.6 is 11.8 Å². The molecule has 1 aromatic rings. The Labute approximate surface area is 98.4 Å². The Kier molecular flexibility index (Phi) is 3.90. The molecule has 1 aromatic heterocycles. The molecule has 1 aliphatic heterocycles. The number of hydrogen-bond donors (Lipinski definition) is 2. The van der Waals surface area contributed by atoms with Crippen LogP contribution in [0.4, 0.5) is 0 Å². The highest BCUT2D eigenvalue weighted by Gasteiger charge is 2.17. The van der Waals surface area contributed by atoms with Crippen molar-refractivity contribution < 1.29 is 14.3 Å². The van der Waals surface area contributed by atoms with Crippen LogP contribution in [-0.2, 0) is 6.54 Å². The van der Waals surface area contributed by atoms with Crippen LogP contribution in [0.15, 0.2) is 16.7 Å². The molecule has 0 bridgehead atoms. The summed E-state index contributed by atoms with van der Waals surface area (Å²) in [4.78, 5) is 10.8. The highest BCUT2D eigenvalue weighted by molar-refractivity contribution is 7.99. The van der Waals surface area contributed by atoms with E-state index in [4.69, 9.17) is 9.52 Å². The summed E-state index contributed by atoms with van der Waals surface area (Å²) < 4.78 is 4.92. The van der Waals surface area contributed by atoms with Crippen LogP contribution in [0.25, 0.3) is 0 Å². The molecule has 5 heteroatoms. The molecule has 0 radical (unpaired) electrons. The Hall–Kier alpha value is -0.940. The highest BCUT2D eigenvalue weighted by atomic mass is 32.2. The molecule has 1 saturated heterocycles. The van der Waals surface area contributed by atoms with E-state index in [-0.39, 0.29) is 5.76 Å². The third-order valence-corrected chi connectivity index (χ3v) is 3.90. The molecule has 0 aliphatic carbocycles. The lowest BCUT2D eigenvalue weighted by Crippen LogP contribution is -2.33. The zero-order valence-corrected chi connectivity index (χ0v) is 9.76. The maximum atomic E-state index is 10.8. The van der Waals surface area contributed by atoms with Crippen molar-refractivity contribution >= 4 is 17.7 Å². The number of carbonyl (C=O) groups is 1. The molecule has 0 spiro atoms. The summed E-state index contributed by atoms with van der Waals surface area (Å²) in [5, 5.41) is 12.2. The lowest BCUT2D eigenvalue weighted by molar-refractivity contribution is 0.0660. The molecule has 2 N–H and O–H groups in total. The molecular formula is C11H15NO3S. The Morgan fingerprint density at radius 1 is 1.69 bits per heavy atom. The largest absolute Gasteiger partial charge is 0.475 e. The first-order valence-corrected chi connectivity index (χ1v) is 6.53. The van der Waals surface area contributed by atoms with Crippen LogP contribution in [0.3, 0.4) is 0 Å². The van der Waals surface area contributed by atoms with Gasteiger partial charge in [0.2, 0.25) is 5.76 Å². The summed E-state index contributed by atoms with van der Waals surface area (Å²) in [6.07, 6.45) is 3.84. The second-order valence-electron chi connectivity index (χ2n) is 3.88. The zero-order chi connectivity index (χ0) is 11.4. The van der Waals surface area contributed by atoms with E-state index in [1.54, 1.807) is 6.07 Å². The summed E-state index contributed by atoms with van der Waals surface area (Å²) in [5.74, 6) is 1.40. The third-order valence-electron chi connectivity index (χ3n) is 2.68. The predicted octanol–water partition coefficient (Wildman–Crippen LogP) is 1.96. The van der Waals surface area contributed by atoms with Crippen LogP contribution in [0.5, 0.6) is 0 Å². The fourth-order valence-corrected chi connectivity index (χ4v) is 2.93. The number of aromatic carboxylic acids is 1. The summed E-state index contributed by atoms with van der Waals surface area (Å²) in [6, 6.07) is 2.21. The van der Waals surface area contributed by atoms with E-state index in [1.807, 2.05) is 11.8 Å². The molecule has 2 rings (SSSR count). The van der Waals surface area contributed by atoms with Gasteiger partial charge in [-0.1, -0.05) is 0 Å². The Bertz CT molecular complexity index is 358. The number of carboxylic acids is 1. The number of thioether (sulfide) groups is 1. The SMILES string of the molecule is O=C(O)c1occc1CNC1CCCSC1. The lowest BCUT2D eigenvalue weighted by atomic mass is 10.1. The fraction of sp³-hybridized carbons (Fsp3) is 0.545. The number of hydrogen-bond acceptors (Lipinski definition) is 4. The van der Waals surface area contributed by atoms with Crippen LogP contribution in [0.1, 0.15) is 29.0 Å². The molecule has 2 heterocycles. The van der Waals surface area contributed by atoms with Gasteiger partial charge in [0.05, 0.1) is 6.26 Å². The number of rotatable bonds is 4. The molecule has 4 nitrogen and oxygen atoms in total. The van der Waals surface area contributed by atoms with Crippen molar-refractivity contribution in [1.82, 2.24) is 5.32 Å². The van der Waals surface area contributed by atoms with Crippen molar-refractivity contribution in [3.05, 3.63) is 23.7 Å². The molecule has 88 valence electrons. The molecule has 1 unspecified atom stereocenters.